The van der Waals surface area contributed by atoms with Gasteiger partial charge in [-0.15, -0.1) is 0 Å². The Morgan fingerprint density at radius 3 is 3.22 bits per heavy atom. The van der Waals surface area contributed by atoms with Gasteiger partial charge in [0, 0.05) is 38.2 Å². The summed E-state index contributed by atoms with van der Waals surface area (Å²) in [5.74, 6) is 1.66. The molecule has 1 amide bonds. The zero-order valence-corrected chi connectivity index (χ0v) is 13.9. The maximum Gasteiger partial charge on any atom is 0.228 e. The number of aryl methyl sites for hydroxylation is 1. The first-order valence-electron chi connectivity index (χ1n) is 7.96. The van der Waals surface area contributed by atoms with E-state index in [2.05, 4.69) is 25.4 Å². The minimum absolute atomic E-state index is 0.176. The predicted molar refractivity (Wildman–Crippen MR) is 86.9 cm³/mol. The summed E-state index contributed by atoms with van der Waals surface area (Å²) in [5, 5.41) is 7.11. The van der Waals surface area contributed by atoms with Crippen molar-refractivity contribution in [2.45, 2.75) is 32.1 Å². The molecule has 1 aromatic rings. The maximum atomic E-state index is 12.7. The van der Waals surface area contributed by atoms with Crippen molar-refractivity contribution in [3.63, 3.8) is 0 Å². The fourth-order valence-corrected chi connectivity index (χ4v) is 4.23. The first kappa shape index (κ1) is 14.7. The molecule has 0 N–H and O–H groups in total. The lowest BCUT2D eigenvalue weighted by Crippen LogP contribution is -2.40. The molecule has 1 unspecified atom stereocenters. The highest BCUT2D eigenvalue weighted by Crippen LogP contribution is 2.32. The van der Waals surface area contributed by atoms with Gasteiger partial charge in [-0.1, -0.05) is 16.9 Å². The second-order valence-electron chi connectivity index (χ2n) is 6.07. The van der Waals surface area contributed by atoms with Gasteiger partial charge in [0.05, 0.1) is 13.0 Å². The van der Waals surface area contributed by atoms with Gasteiger partial charge in [0.15, 0.2) is 11.0 Å². The molecular weight excluding hydrogens is 314 g/mol. The third-order valence-electron chi connectivity index (χ3n) is 4.46. The molecule has 0 spiro atoms. The van der Waals surface area contributed by atoms with Crippen LogP contribution in [0, 0.1) is 6.92 Å². The molecule has 4 heterocycles. The maximum absolute atomic E-state index is 12.7. The van der Waals surface area contributed by atoms with Crippen molar-refractivity contribution in [3.05, 3.63) is 22.8 Å². The van der Waals surface area contributed by atoms with Crippen LogP contribution >= 0.6 is 11.8 Å². The summed E-state index contributed by atoms with van der Waals surface area (Å²) >= 11 is 1.62. The minimum atomic E-state index is 0.176. The number of fused-ring (bicyclic) bond motifs is 1. The van der Waals surface area contributed by atoms with E-state index in [1.807, 2.05) is 4.90 Å². The van der Waals surface area contributed by atoms with Crippen LogP contribution in [0.1, 0.15) is 36.9 Å². The molecule has 0 bridgehead atoms. The SMILES string of the molecule is Cc1nc(C2CCCN(C(=O)CC3=CSC4=NCCN34)C2)no1. The van der Waals surface area contributed by atoms with Crippen LogP contribution in [0.25, 0.3) is 0 Å². The Morgan fingerprint density at radius 2 is 2.39 bits per heavy atom. The van der Waals surface area contributed by atoms with Crippen LogP contribution in [-0.2, 0) is 4.79 Å². The van der Waals surface area contributed by atoms with Crippen molar-refractivity contribution in [1.82, 2.24) is 19.9 Å². The first-order chi connectivity index (χ1) is 11.2. The van der Waals surface area contributed by atoms with E-state index < -0.39 is 0 Å². The Bertz CT molecular complexity index is 683. The minimum Gasteiger partial charge on any atom is -0.342 e. The predicted octanol–water partition coefficient (Wildman–Crippen LogP) is 1.73. The molecule has 0 aromatic carbocycles. The van der Waals surface area contributed by atoms with E-state index in [1.54, 1.807) is 18.7 Å². The largest absolute Gasteiger partial charge is 0.342 e. The average Bonchev–Trinajstić information content (AvgIpc) is 3.26. The molecule has 8 heteroatoms. The second kappa shape index (κ2) is 5.99. The molecule has 4 rings (SSSR count). The normalized spacial score (nSPS) is 23.8. The van der Waals surface area contributed by atoms with E-state index in [0.717, 1.165) is 49.2 Å². The lowest BCUT2D eigenvalue weighted by Gasteiger charge is -2.32. The number of amidine groups is 1. The Labute approximate surface area is 138 Å². The molecule has 1 atom stereocenters. The Balaban J connectivity index is 1.39. The Morgan fingerprint density at radius 1 is 1.48 bits per heavy atom. The molecule has 0 aliphatic carbocycles. The van der Waals surface area contributed by atoms with Crippen LogP contribution in [0.15, 0.2) is 20.6 Å². The highest BCUT2D eigenvalue weighted by Gasteiger charge is 2.31. The van der Waals surface area contributed by atoms with Crippen LogP contribution < -0.4 is 0 Å². The summed E-state index contributed by atoms with van der Waals surface area (Å²) in [4.78, 5) is 25.5. The second-order valence-corrected chi connectivity index (χ2v) is 6.91. The zero-order chi connectivity index (χ0) is 15.8. The van der Waals surface area contributed by atoms with Crippen molar-refractivity contribution in [3.8, 4) is 0 Å². The fraction of sp³-hybridized carbons (Fsp3) is 0.600. The lowest BCUT2D eigenvalue weighted by molar-refractivity contribution is -0.131. The van der Waals surface area contributed by atoms with Crippen molar-refractivity contribution < 1.29 is 9.32 Å². The first-order valence-corrected chi connectivity index (χ1v) is 8.84. The molecule has 1 aromatic heterocycles. The number of carbonyl (C=O) groups is 1. The standard InChI is InChI=1S/C15H19N5O2S/c1-10-17-14(18-22-10)11-3-2-5-19(8-11)13(21)7-12-9-23-15-16-4-6-20(12)15/h9,11H,2-8H2,1H3. The van der Waals surface area contributed by atoms with Gasteiger partial charge in [0.2, 0.25) is 11.8 Å². The molecule has 1 fully saturated rings. The molecule has 3 aliphatic rings. The number of rotatable bonds is 3. The molecule has 122 valence electrons. The molecule has 0 saturated carbocycles. The molecule has 7 nitrogen and oxygen atoms in total. The van der Waals surface area contributed by atoms with E-state index in [-0.39, 0.29) is 11.8 Å². The zero-order valence-electron chi connectivity index (χ0n) is 13.1. The number of aromatic nitrogens is 2. The number of thioether (sulfide) groups is 1. The van der Waals surface area contributed by atoms with Crippen molar-refractivity contribution >= 4 is 22.8 Å². The Kier molecular flexibility index (Phi) is 3.84. The van der Waals surface area contributed by atoms with Gasteiger partial charge in [0.25, 0.3) is 0 Å². The van der Waals surface area contributed by atoms with Crippen molar-refractivity contribution in [2.75, 3.05) is 26.2 Å². The van der Waals surface area contributed by atoms with Crippen LogP contribution in [-0.4, -0.2) is 57.2 Å². The van der Waals surface area contributed by atoms with Gasteiger partial charge < -0.3 is 14.3 Å². The molecule has 0 radical (unpaired) electrons. The molecule has 1 saturated heterocycles. The van der Waals surface area contributed by atoms with Crippen LogP contribution in [0.5, 0.6) is 0 Å². The van der Waals surface area contributed by atoms with E-state index in [9.17, 15) is 4.79 Å². The van der Waals surface area contributed by atoms with Gasteiger partial charge in [-0.25, -0.2) is 0 Å². The number of aliphatic imine (C=N–C) groups is 1. The number of piperidine rings is 1. The van der Waals surface area contributed by atoms with E-state index in [0.29, 0.717) is 18.9 Å². The third-order valence-corrected chi connectivity index (χ3v) is 5.41. The monoisotopic (exact) mass is 333 g/mol. The topological polar surface area (TPSA) is 74.8 Å². The van der Waals surface area contributed by atoms with Crippen LogP contribution in [0.2, 0.25) is 0 Å². The van der Waals surface area contributed by atoms with Gasteiger partial charge >= 0.3 is 0 Å². The number of likely N-dealkylation sites (tertiary alicyclic amines) is 1. The lowest BCUT2D eigenvalue weighted by atomic mass is 9.97. The number of hydrogen-bond acceptors (Lipinski definition) is 7. The number of nitrogens with zero attached hydrogens (tertiary/aromatic N) is 5. The van der Waals surface area contributed by atoms with Gasteiger partial charge in [-0.3, -0.25) is 9.79 Å². The summed E-state index contributed by atoms with van der Waals surface area (Å²) in [6.45, 7) is 5.01. The van der Waals surface area contributed by atoms with E-state index in [1.165, 1.54) is 0 Å². The highest BCUT2D eigenvalue weighted by atomic mass is 32.2. The van der Waals surface area contributed by atoms with E-state index in [4.69, 9.17) is 4.52 Å². The molecular formula is C15H19N5O2S. The number of amides is 1. The highest BCUT2D eigenvalue weighted by molar-refractivity contribution is 8.16. The number of hydrogen-bond donors (Lipinski definition) is 0. The van der Waals surface area contributed by atoms with Gasteiger partial charge in [-0.2, -0.15) is 4.98 Å². The summed E-state index contributed by atoms with van der Waals surface area (Å²) in [6, 6.07) is 0. The summed E-state index contributed by atoms with van der Waals surface area (Å²) < 4.78 is 5.07. The summed E-state index contributed by atoms with van der Waals surface area (Å²) in [7, 11) is 0. The van der Waals surface area contributed by atoms with Gasteiger partial charge in [-0.05, 0) is 18.2 Å². The average molecular weight is 333 g/mol. The van der Waals surface area contributed by atoms with Crippen LogP contribution in [0.3, 0.4) is 0 Å². The van der Waals surface area contributed by atoms with E-state index >= 15 is 0 Å². The smallest absolute Gasteiger partial charge is 0.228 e. The van der Waals surface area contributed by atoms with Crippen molar-refractivity contribution in [2.24, 2.45) is 4.99 Å². The summed E-state index contributed by atoms with van der Waals surface area (Å²) in [6.07, 6.45) is 2.43. The van der Waals surface area contributed by atoms with Crippen LogP contribution in [0.4, 0.5) is 0 Å². The molecule has 23 heavy (non-hydrogen) atoms. The number of carbonyl (C=O) groups excluding carboxylic acids is 1. The quantitative estimate of drug-likeness (QED) is 0.839. The fourth-order valence-electron chi connectivity index (χ4n) is 3.28. The third kappa shape index (κ3) is 2.87. The van der Waals surface area contributed by atoms with Crippen molar-refractivity contribution in [1.29, 1.82) is 0 Å². The molecule has 3 aliphatic heterocycles. The Hall–Kier alpha value is -1.83. The van der Waals surface area contributed by atoms with Gasteiger partial charge in [0.1, 0.15) is 0 Å². The summed E-state index contributed by atoms with van der Waals surface area (Å²) in [5.41, 5.74) is 1.08.